The van der Waals surface area contributed by atoms with Gasteiger partial charge in [-0.25, -0.2) is 0 Å². The molecule has 0 aliphatic heterocycles. The van der Waals surface area contributed by atoms with Crippen LogP contribution in [0.1, 0.15) is 27.0 Å². The van der Waals surface area contributed by atoms with Crippen molar-refractivity contribution < 1.29 is 4.79 Å². The number of hydrogen-bond donors (Lipinski definition) is 2. The first kappa shape index (κ1) is 13.1. The van der Waals surface area contributed by atoms with Gasteiger partial charge < -0.3 is 11.1 Å². The van der Waals surface area contributed by atoms with Crippen LogP contribution in [0.15, 0.2) is 36.4 Å². The molecule has 3 N–H and O–H groups in total. The van der Waals surface area contributed by atoms with Crippen LogP contribution in [-0.2, 0) is 0 Å². The average molecular weight is 254 g/mol. The fourth-order valence-electron chi connectivity index (χ4n) is 2.01. The van der Waals surface area contributed by atoms with Gasteiger partial charge in [-0.1, -0.05) is 29.3 Å². The largest absolute Gasteiger partial charge is 0.398 e. The molecule has 0 aliphatic carbocycles. The molecule has 3 heteroatoms. The van der Waals surface area contributed by atoms with Crippen molar-refractivity contribution in [2.75, 3.05) is 11.1 Å². The summed E-state index contributed by atoms with van der Waals surface area (Å²) in [7, 11) is 0. The lowest BCUT2D eigenvalue weighted by molar-refractivity contribution is 0.102. The molecule has 0 saturated carbocycles. The monoisotopic (exact) mass is 254 g/mol. The van der Waals surface area contributed by atoms with Crippen LogP contribution >= 0.6 is 0 Å². The van der Waals surface area contributed by atoms with Crippen molar-refractivity contribution in [2.24, 2.45) is 0 Å². The Labute approximate surface area is 113 Å². The van der Waals surface area contributed by atoms with E-state index < -0.39 is 0 Å². The van der Waals surface area contributed by atoms with E-state index in [2.05, 4.69) is 5.32 Å². The molecule has 2 rings (SSSR count). The van der Waals surface area contributed by atoms with Crippen molar-refractivity contribution >= 4 is 17.3 Å². The minimum Gasteiger partial charge on any atom is -0.398 e. The summed E-state index contributed by atoms with van der Waals surface area (Å²) >= 11 is 0. The Hall–Kier alpha value is -2.29. The zero-order chi connectivity index (χ0) is 14.0. The molecule has 0 unspecified atom stereocenters. The minimum absolute atomic E-state index is 0.173. The standard InChI is InChI=1S/C16H18N2O/c1-10-5-7-15(12(3)8-10)18-16(19)13-9-11(2)4-6-14(13)17/h4-9H,17H2,1-3H3,(H,18,19). The summed E-state index contributed by atoms with van der Waals surface area (Å²) in [4.78, 5) is 12.2. The second-order valence-electron chi connectivity index (χ2n) is 4.86. The Balaban J connectivity index is 2.28. The number of hydrogen-bond acceptors (Lipinski definition) is 2. The van der Waals surface area contributed by atoms with Gasteiger partial charge in [0.15, 0.2) is 0 Å². The fraction of sp³-hybridized carbons (Fsp3) is 0.188. The molecule has 0 saturated heterocycles. The lowest BCUT2D eigenvalue weighted by Crippen LogP contribution is -2.15. The smallest absolute Gasteiger partial charge is 0.257 e. The molecule has 2 aromatic rings. The van der Waals surface area contributed by atoms with Gasteiger partial charge in [0.1, 0.15) is 0 Å². The van der Waals surface area contributed by atoms with E-state index in [1.807, 2.05) is 45.0 Å². The van der Waals surface area contributed by atoms with Crippen LogP contribution in [0.5, 0.6) is 0 Å². The number of nitrogens with one attached hydrogen (secondary N) is 1. The fourth-order valence-corrected chi connectivity index (χ4v) is 2.01. The molecule has 19 heavy (non-hydrogen) atoms. The van der Waals surface area contributed by atoms with E-state index in [9.17, 15) is 4.79 Å². The van der Waals surface area contributed by atoms with E-state index in [4.69, 9.17) is 5.73 Å². The lowest BCUT2D eigenvalue weighted by Gasteiger charge is -2.11. The normalized spacial score (nSPS) is 10.3. The van der Waals surface area contributed by atoms with Crippen LogP contribution in [0, 0.1) is 20.8 Å². The molecule has 2 aromatic carbocycles. The molecule has 0 bridgehead atoms. The Morgan fingerprint density at radius 3 is 2.32 bits per heavy atom. The number of nitrogen functional groups attached to an aromatic ring is 1. The second-order valence-corrected chi connectivity index (χ2v) is 4.86. The van der Waals surface area contributed by atoms with Crippen molar-refractivity contribution in [3.63, 3.8) is 0 Å². The van der Waals surface area contributed by atoms with E-state index >= 15 is 0 Å². The van der Waals surface area contributed by atoms with Crippen LogP contribution in [0.2, 0.25) is 0 Å². The van der Waals surface area contributed by atoms with E-state index in [0.29, 0.717) is 11.3 Å². The van der Waals surface area contributed by atoms with Crippen LogP contribution in [-0.4, -0.2) is 5.91 Å². The van der Waals surface area contributed by atoms with Crippen molar-refractivity contribution in [2.45, 2.75) is 20.8 Å². The van der Waals surface area contributed by atoms with Gasteiger partial charge in [-0.3, -0.25) is 4.79 Å². The second kappa shape index (κ2) is 5.14. The Bertz CT molecular complexity index is 633. The highest BCUT2D eigenvalue weighted by Crippen LogP contribution is 2.19. The summed E-state index contributed by atoms with van der Waals surface area (Å²) in [6.07, 6.45) is 0. The van der Waals surface area contributed by atoms with E-state index in [1.165, 1.54) is 5.56 Å². The molecule has 98 valence electrons. The maximum Gasteiger partial charge on any atom is 0.257 e. The number of benzene rings is 2. The zero-order valence-corrected chi connectivity index (χ0v) is 11.4. The SMILES string of the molecule is Cc1ccc(NC(=O)c2cc(C)ccc2N)c(C)c1. The van der Waals surface area contributed by atoms with Crippen LogP contribution in [0.4, 0.5) is 11.4 Å². The van der Waals surface area contributed by atoms with Crippen LogP contribution in [0.25, 0.3) is 0 Å². The highest BCUT2D eigenvalue weighted by Gasteiger charge is 2.11. The molecule has 3 nitrogen and oxygen atoms in total. The number of anilines is 2. The summed E-state index contributed by atoms with van der Waals surface area (Å²) < 4.78 is 0. The van der Waals surface area contributed by atoms with Gasteiger partial charge in [-0.15, -0.1) is 0 Å². The predicted octanol–water partition coefficient (Wildman–Crippen LogP) is 3.45. The molecule has 0 fully saturated rings. The number of amides is 1. The molecule has 0 aliphatic rings. The first-order valence-electron chi connectivity index (χ1n) is 6.22. The number of aryl methyl sites for hydroxylation is 3. The number of carbonyl (C=O) groups excluding carboxylic acids is 1. The van der Waals surface area contributed by atoms with Crippen molar-refractivity contribution in [3.8, 4) is 0 Å². The lowest BCUT2D eigenvalue weighted by atomic mass is 10.1. The van der Waals surface area contributed by atoms with Gasteiger partial charge >= 0.3 is 0 Å². The van der Waals surface area contributed by atoms with Crippen molar-refractivity contribution in [1.82, 2.24) is 0 Å². The first-order chi connectivity index (χ1) is 8.97. The Kier molecular flexibility index (Phi) is 3.56. The van der Waals surface area contributed by atoms with Crippen LogP contribution < -0.4 is 11.1 Å². The molecule has 0 aromatic heterocycles. The summed E-state index contributed by atoms with van der Waals surface area (Å²) in [5.41, 5.74) is 10.9. The molecular weight excluding hydrogens is 236 g/mol. The Morgan fingerprint density at radius 2 is 1.63 bits per heavy atom. The van der Waals surface area contributed by atoms with Crippen molar-refractivity contribution in [1.29, 1.82) is 0 Å². The summed E-state index contributed by atoms with van der Waals surface area (Å²) in [5.74, 6) is -0.173. The Morgan fingerprint density at radius 1 is 1.00 bits per heavy atom. The molecule has 1 amide bonds. The van der Waals surface area contributed by atoms with E-state index in [1.54, 1.807) is 12.1 Å². The van der Waals surface area contributed by atoms with Gasteiger partial charge in [-0.2, -0.15) is 0 Å². The van der Waals surface area contributed by atoms with Gasteiger partial charge in [0, 0.05) is 11.4 Å². The number of rotatable bonds is 2. The maximum absolute atomic E-state index is 12.2. The highest BCUT2D eigenvalue weighted by molar-refractivity contribution is 6.08. The molecular formula is C16H18N2O. The molecule has 0 heterocycles. The number of nitrogens with two attached hydrogens (primary N) is 1. The summed E-state index contributed by atoms with van der Waals surface area (Å²) in [6.45, 7) is 5.94. The minimum atomic E-state index is -0.173. The average Bonchev–Trinajstić information content (AvgIpc) is 2.35. The third-order valence-electron chi connectivity index (χ3n) is 3.08. The molecule has 0 spiro atoms. The predicted molar refractivity (Wildman–Crippen MR) is 79.5 cm³/mol. The number of carbonyl (C=O) groups is 1. The third kappa shape index (κ3) is 2.94. The van der Waals surface area contributed by atoms with Gasteiger partial charge in [-0.05, 0) is 44.5 Å². The van der Waals surface area contributed by atoms with E-state index in [-0.39, 0.29) is 5.91 Å². The highest BCUT2D eigenvalue weighted by atomic mass is 16.1. The summed E-state index contributed by atoms with van der Waals surface area (Å²) in [5, 5.41) is 2.90. The van der Waals surface area contributed by atoms with Crippen LogP contribution in [0.3, 0.4) is 0 Å². The van der Waals surface area contributed by atoms with Gasteiger partial charge in [0.05, 0.1) is 5.56 Å². The maximum atomic E-state index is 12.2. The quantitative estimate of drug-likeness (QED) is 0.806. The van der Waals surface area contributed by atoms with E-state index in [0.717, 1.165) is 16.8 Å². The summed E-state index contributed by atoms with van der Waals surface area (Å²) in [6, 6.07) is 11.4. The topological polar surface area (TPSA) is 55.1 Å². The molecule has 0 radical (unpaired) electrons. The zero-order valence-electron chi connectivity index (χ0n) is 11.4. The third-order valence-corrected chi connectivity index (χ3v) is 3.08. The first-order valence-corrected chi connectivity index (χ1v) is 6.22. The van der Waals surface area contributed by atoms with Gasteiger partial charge in [0.25, 0.3) is 5.91 Å². The van der Waals surface area contributed by atoms with Crippen molar-refractivity contribution in [3.05, 3.63) is 58.7 Å². The molecule has 0 atom stereocenters. The van der Waals surface area contributed by atoms with Gasteiger partial charge in [0.2, 0.25) is 0 Å².